The zero-order valence-electron chi connectivity index (χ0n) is 14.7. The predicted molar refractivity (Wildman–Crippen MR) is 92.2 cm³/mol. The van der Waals surface area contributed by atoms with Crippen LogP contribution in [0.5, 0.6) is 5.75 Å². The van der Waals surface area contributed by atoms with Gasteiger partial charge in [0.1, 0.15) is 5.75 Å². The molecule has 0 bridgehead atoms. The van der Waals surface area contributed by atoms with Gasteiger partial charge in [0, 0.05) is 19.5 Å². The maximum absolute atomic E-state index is 12.5. The molecule has 0 radical (unpaired) electrons. The second-order valence-corrected chi connectivity index (χ2v) is 7.02. The van der Waals surface area contributed by atoms with Gasteiger partial charge in [-0.2, -0.15) is 21.6 Å². The zero-order chi connectivity index (χ0) is 20.0. The third-order valence-corrected chi connectivity index (χ3v) is 4.68. The fourth-order valence-corrected chi connectivity index (χ4v) is 2.83. The molecule has 0 saturated heterocycles. The number of carbonyl (C=O) groups excluding carboxylic acids is 1. The Morgan fingerprint density at radius 2 is 1.88 bits per heavy atom. The van der Waals surface area contributed by atoms with E-state index in [1.165, 1.54) is 24.3 Å². The molecule has 1 aromatic carbocycles. The molecule has 1 aromatic rings. The minimum atomic E-state index is -5.74. The third kappa shape index (κ3) is 5.76. The van der Waals surface area contributed by atoms with Gasteiger partial charge in [-0.1, -0.05) is 18.2 Å². The van der Waals surface area contributed by atoms with Gasteiger partial charge in [-0.3, -0.25) is 4.79 Å². The van der Waals surface area contributed by atoms with Crippen LogP contribution in [0.2, 0.25) is 0 Å². The van der Waals surface area contributed by atoms with Crippen molar-refractivity contribution in [3.8, 4) is 5.75 Å². The van der Waals surface area contributed by atoms with Crippen molar-refractivity contribution in [2.24, 2.45) is 0 Å². The fourth-order valence-electron chi connectivity index (χ4n) is 2.34. The van der Waals surface area contributed by atoms with Crippen molar-refractivity contribution in [3.63, 3.8) is 0 Å². The van der Waals surface area contributed by atoms with Gasteiger partial charge in [0.25, 0.3) is 0 Å². The molecule has 0 fully saturated rings. The first-order valence-electron chi connectivity index (χ1n) is 8.06. The summed E-state index contributed by atoms with van der Waals surface area (Å²) in [7, 11) is -5.74. The molecule has 0 aliphatic heterocycles. The molecule has 1 amide bonds. The summed E-state index contributed by atoms with van der Waals surface area (Å²) in [6.07, 6.45) is 2.18. The van der Waals surface area contributed by atoms with Gasteiger partial charge in [-0.25, -0.2) is 0 Å². The largest absolute Gasteiger partial charge is 0.534 e. The lowest BCUT2D eigenvalue weighted by molar-refractivity contribution is -0.130. The molecule has 9 heteroatoms. The van der Waals surface area contributed by atoms with Crippen LogP contribution in [-0.2, 0) is 27.8 Å². The smallest absolute Gasteiger partial charge is 0.376 e. The summed E-state index contributed by atoms with van der Waals surface area (Å²) >= 11 is 0. The van der Waals surface area contributed by atoms with E-state index in [2.05, 4.69) is 10.8 Å². The molecule has 26 heavy (non-hydrogen) atoms. The molecule has 0 heterocycles. The molecule has 146 valence electrons. The van der Waals surface area contributed by atoms with Crippen molar-refractivity contribution in [1.82, 2.24) is 4.90 Å². The molecule has 1 rings (SSSR count). The van der Waals surface area contributed by atoms with Gasteiger partial charge < -0.3 is 9.08 Å². The van der Waals surface area contributed by atoms with Gasteiger partial charge in [0.05, 0.1) is 0 Å². The van der Waals surface area contributed by atoms with E-state index in [9.17, 15) is 26.4 Å². The van der Waals surface area contributed by atoms with E-state index in [1.807, 2.05) is 13.8 Å². The van der Waals surface area contributed by atoms with E-state index in [0.717, 1.165) is 0 Å². The third-order valence-electron chi connectivity index (χ3n) is 3.72. The van der Waals surface area contributed by atoms with E-state index >= 15 is 0 Å². The minimum Gasteiger partial charge on any atom is -0.376 e. The summed E-state index contributed by atoms with van der Waals surface area (Å²) in [6, 6.07) is 4.14. The van der Waals surface area contributed by atoms with Crippen molar-refractivity contribution in [2.75, 3.05) is 13.1 Å². The van der Waals surface area contributed by atoms with E-state index in [-0.39, 0.29) is 24.3 Å². The Balaban J connectivity index is 2.99. The van der Waals surface area contributed by atoms with Crippen LogP contribution in [-0.4, -0.2) is 37.8 Å². The summed E-state index contributed by atoms with van der Waals surface area (Å²) < 4.78 is 64.1. The molecule has 0 aromatic heterocycles. The number of aryl methyl sites for hydroxylation is 1. The number of allylic oxidation sites excluding steroid dienone is 1. The van der Waals surface area contributed by atoms with Crippen LogP contribution in [0.15, 0.2) is 30.9 Å². The summed E-state index contributed by atoms with van der Waals surface area (Å²) in [5, 5.41) is 0. The molecular weight excluding hydrogens is 371 g/mol. The van der Waals surface area contributed by atoms with Gasteiger partial charge in [-0.05, 0) is 43.9 Å². The minimum absolute atomic E-state index is 0.0275. The van der Waals surface area contributed by atoms with Crippen LogP contribution in [0, 0.1) is 0 Å². The summed E-state index contributed by atoms with van der Waals surface area (Å²) in [5.41, 5.74) is -4.56. The maximum atomic E-state index is 12.5. The van der Waals surface area contributed by atoms with Gasteiger partial charge in [0.15, 0.2) is 0 Å². The SMILES string of the molecule is C=CCc1cc(CCC(=O)N(CC)CC)ccc1OS(=O)(=O)C(F)(F)F. The summed E-state index contributed by atoms with van der Waals surface area (Å²) in [4.78, 5) is 13.7. The molecule has 0 spiro atoms. The Morgan fingerprint density at radius 3 is 2.38 bits per heavy atom. The second kappa shape index (κ2) is 9.07. The topological polar surface area (TPSA) is 63.7 Å². The van der Waals surface area contributed by atoms with Crippen LogP contribution in [0.3, 0.4) is 0 Å². The average Bonchev–Trinajstić information content (AvgIpc) is 2.55. The number of amides is 1. The summed E-state index contributed by atoms with van der Waals surface area (Å²) in [6.45, 7) is 8.44. The first-order chi connectivity index (χ1) is 12.1. The van der Waals surface area contributed by atoms with Crippen molar-refractivity contribution >= 4 is 16.0 Å². The normalized spacial score (nSPS) is 11.9. The standard InChI is InChI=1S/C17H22F3NO4S/c1-4-7-14-12-13(9-11-16(22)21(5-2)6-3)8-10-15(14)25-26(23,24)17(18,19)20/h4,8,10,12H,1,5-7,9,11H2,2-3H3. The van der Waals surface area contributed by atoms with Crippen LogP contribution in [0.4, 0.5) is 13.2 Å². The number of benzene rings is 1. The van der Waals surface area contributed by atoms with Crippen LogP contribution < -0.4 is 4.18 Å². The highest BCUT2D eigenvalue weighted by atomic mass is 32.2. The Labute approximate surface area is 151 Å². The molecule has 0 aliphatic carbocycles. The van der Waals surface area contributed by atoms with Crippen molar-refractivity contribution in [3.05, 3.63) is 42.0 Å². The Bertz CT molecular complexity index is 741. The van der Waals surface area contributed by atoms with E-state index in [0.29, 0.717) is 25.1 Å². The summed E-state index contributed by atoms with van der Waals surface area (Å²) in [5.74, 6) is -0.429. The first-order valence-corrected chi connectivity index (χ1v) is 9.47. The number of carbonyl (C=O) groups is 1. The lowest BCUT2D eigenvalue weighted by Gasteiger charge is -2.18. The molecular formula is C17H22F3NO4S. The fraction of sp³-hybridized carbons (Fsp3) is 0.471. The van der Waals surface area contributed by atoms with Crippen LogP contribution in [0.25, 0.3) is 0 Å². The zero-order valence-corrected chi connectivity index (χ0v) is 15.5. The molecule has 0 saturated carbocycles. The lowest BCUT2D eigenvalue weighted by atomic mass is 10.0. The number of halogens is 3. The van der Waals surface area contributed by atoms with Crippen LogP contribution in [0.1, 0.15) is 31.4 Å². The highest BCUT2D eigenvalue weighted by Crippen LogP contribution is 2.30. The van der Waals surface area contributed by atoms with Gasteiger partial charge in [0.2, 0.25) is 5.91 Å². The van der Waals surface area contributed by atoms with Crippen molar-refractivity contribution < 1.29 is 30.6 Å². The molecule has 0 aliphatic rings. The van der Waals surface area contributed by atoms with Crippen molar-refractivity contribution in [2.45, 2.75) is 38.6 Å². The van der Waals surface area contributed by atoms with E-state index < -0.39 is 21.4 Å². The Morgan fingerprint density at radius 1 is 1.27 bits per heavy atom. The number of alkyl halides is 3. The van der Waals surface area contributed by atoms with Gasteiger partial charge in [-0.15, -0.1) is 6.58 Å². The molecule has 0 N–H and O–H groups in total. The van der Waals surface area contributed by atoms with Crippen molar-refractivity contribution in [1.29, 1.82) is 0 Å². The molecule has 0 atom stereocenters. The number of rotatable bonds is 9. The molecule has 0 unspecified atom stereocenters. The molecule has 5 nitrogen and oxygen atoms in total. The predicted octanol–water partition coefficient (Wildman–Crippen LogP) is 3.44. The maximum Gasteiger partial charge on any atom is 0.534 e. The lowest BCUT2D eigenvalue weighted by Crippen LogP contribution is -2.30. The Kier molecular flexibility index (Phi) is 7.68. The Hall–Kier alpha value is -2.03. The average molecular weight is 393 g/mol. The van der Waals surface area contributed by atoms with E-state index in [4.69, 9.17) is 0 Å². The highest BCUT2D eigenvalue weighted by Gasteiger charge is 2.48. The quantitative estimate of drug-likeness (QED) is 0.366. The first kappa shape index (κ1) is 22.0. The highest BCUT2D eigenvalue weighted by molar-refractivity contribution is 7.88. The number of hydrogen-bond acceptors (Lipinski definition) is 4. The van der Waals surface area contributed by atoms with E-state index in [1.54, 1.807) is 4.90 Å². The number of hydrogen-bond donors (Lipinski definition) is 0. The van der Waals surface area contributed by atoms with Gasteiger partial charge >= 0.3 is 15.6 Å². The monoisotopic (exact) mass is 393 g/mol. The van der Waals surface area contributed by atoms with Crippen LogP contribution >= 0.6 is 0 Å². The second-order valence-electron chi connectivity index (χ2n) is 5.48. The number of nitrogens with zero attached hydrogens (tertiary/aromatic N) is 1.